The van der Waals surface area contributed by atoms with Crippen LogP contribution in [0.2, 0.25) is 0 Å². The molecule has 0 bridgehead atoms. The highest BCUT2D eigenvalue weighted by molar-refractivity contribution is 5.74. The van der Waals surface area contributed by atoms with E-state index in [-0.39, 0.29) is 25.9 Å². The van der Waals surface area contributed by atoms with E-state index in [1.54, 1.807) is 0 Å². The molecule has 0 amide bonds. The van der Waals surface area contributed by atoms with Crippen molar-refractivity contribution in [2.24, 2.45) is 0 Å². The third kappa shape index (κ3) is 40.8. The number of carbonyl (C=O) groups is 4. The highest BCUT2D eigenvalue weighted by Crippen LogP contribution is 2.26. The maximum atomic E-state index is 13.1. The van der Waals surface area contributed by atoms with Crippen LogP contribution in [-0.2, 0) is 42.9 Å². The number of carbonyl (C=O) groups excluding carboxylic acids is 3. The van der Waals surface area contributed by atoms with Crippen molar-refractivity contribution in [3.8, 4) is 0 Å². The van der Waals surface area contributed by atoms with Crippen molar-refractivity contribution in [2.45, 2.75) is 276 Å². The van der Waals surface area contributed by atoms with Crippen molar-refractivity contribution in [1.82, 2.24) is 0 Å². The molecule has 6 atom stereocenters. The molecule has 0 aromatic carbocycles. The molecule has 0 aromatic heterocycles. The summed E-state index contributed by atoms with van der Waals surface area (Å²) in [6.07, 6.45) is 52.7. The zero-order valence-electron chi connectivity index (χ0n) is 47.0. The molecule has 12 heteroatoms. The summed E-state index contributed by atoms with van der Waals surface area (Å²) in [4.78, 5) is 51.1. The largest absolute Gasteiger partial charge is 0.479 e. The fraction of sp³-hybridized carbons (Fsp3) is 0.714. The van der Waals surface area contributed by atoms with Gasteiger partial charge in [-0.05, 0) is 109 Å². The van der Waals surface area contributed by atoms with Gasteiger partial charge in [-0.1, -0.05) is 196 Å². The molecule has 428 valence electrons. The van der Waals surface area contributed by atoms with E-state index in [0.717, 1.165) is 103 Å². The molecule has 0 saturated carbocycles. The lowest BCUT2D eigenvalue weighted by atomic mass is 9.98. The molecule has 3 N–H and O–H groups in total. The summed E-state index contributed by atoms with van der Waals surface area (Å²) in [5.41, 5.74) is 0. The topological polar surface area (TPSA) is 175 Å². The molecule has 1 rings (SSSR count). The summed E-state index contributed by atoms with van der Waals surface area (Å²) in [6, 6.07) is 0. The highest BCUT2D eigenvalue weighted by Gasteiger charge is 2.50. The van der Waals surface area contributed by atoms with Crippen molar-refractivity contribution in [1.29, 1.82) is 0 Å². The van der Waals surface area contributed by atoms with Gasteiger partial charge in [0.15, 0.2) is 24.6 Å². The number of allylic oxidation sites excluding steroid dienone is 14. The molecule has 0 aromatic rings. The van der Waals surface area contributed by atoms with Crippen LogP contribution in [0.5, 0.6) is 0 Å². The second kappa shape index (κ2) is 50.7. The van der Waals surface area contributed by atoms with Crippen LogP contribution in [0.4, 0.5) is 0 Å². The average molecular weight is 1050 g/mol. The van der Waals surface area contributed by atoms with Gasteiger partial charge in [0.25, 0.3) is 0 Å². The van der Waals surface area contributed by atoms with Crippen LogP contribution >= 0.6 is 0 Å². The van der Waals surface area contributed by atoms with E-state index < -0.39 is 67.3 Å². The minimum Gasteiger partial charge on any atom is -0.479 e. The number of aliphatic hydroxyl groups excluding tert-OH is 2. The number of carboxylic acids is 1. The second-order valence-corrected chi connectivity index (χ2v) is 19.9. The van der Waals surface area contributed by atoms with E-state index in [1.165, 1.54) is 70.6 Å². The average Bonchev–Trinajstić information content (AvgIpc) is 3.39. The first-order valence-electron chi connectivity index (χ1n) is 29.6. The Morgan fingerprint density at radius 1 is 0.453 bits per heavy atom. The fourth-order valence-corrected chi connectivity index (χ4v) is 8.37. The Labute approximate surface area is 454 Å². The number of aliphatic carboxylic acids is 1. The highest BCUT2D eigenvalue weighted by atomic mass is 16.7. The summed E-state index contributed by atoms with van der Waals surface area (Å²) < 4.78 is 28.3. The lowest BCUT2D eigenvalue weighted by molar-refractivity contribution is -0.301. The molecule has 1 aliphatic rings. The number of rotatable bonds is 49. The molecular weight excluding hydrogens is 949 g/mol. The lowest BCUT2D eigenvalue weighted by Crippen LogP contribution is -2.61. The monoisotopic (exact) mass is 1050 g/mol. The van der Waals surface area contributed by atoms with Gasteiger partial charge in [0.1, 0.15) is 18.8 Å². The summed E-state index contributed by atoms with van der Waals surface area (Å²) in [5.74, 6) is -3.19. The number of aliphatic hydroxyl groups is 2. The van der Waals surface area contributed by atoms with E-state index in [0.29, 0.717) is 25.7 Å². The number of carboxylic acid groups (broad SMARTS) is 1. The fourth-order valence-electron chi connectivity index (χ4n) is 8.37. The van der Waals surface area contributed by atoms with Crippen molar-refractivity contribution in [3.63, 3.8) is 0 Å². The van der Waals surface area contributed by atoms with Gasteiger partial charge < -0.3 is 39.0 Å². The molecule has 75 heavy (non-hydrogen) atoms. The Hall–Kier alpha value is -4.10. The van der Waals surface area contributed by atoms with Crippen LogP contribution in [0.25, 0.3) is 0 Å². The van der Waals surface area contributed by atoms with Crippen LogP contribution in [-0.4, -0.2) is 89.2 Å². The molecule has 0 aliphatic carbocycles. The predicted molar refractivity (Wildman–Crippen MR) is 303 cm³/mol. The third-order valence-electron chi connectivity index (χ3n) is 12.9. The minimum absolute atomic E-state index is 0.00441. The lowest BCUT2D eigenvalue weighted by Gasteiger charge is -2.40. The van der Waals surface area contributed by atoms with E-state index in [2.05, 4.69) is 106 Å². The number of esters is 3. The molecule has 1 fully saturated rings. The molecule has 6 unspecified atom stereocenters. The van der Waals surface area contributed by atoms with Crippen molar-refractivity contribution in [3.05, 3.63) is 85.1 Å². The normalized spacial score (nSPS) is 18.8. The zero-order valence-corrected chi connectivity index (χ0v) is 47.0. The summed E-state index contributed by atoms with van der Waals surface area (Å²) in [7, 11) is 0. The maximum absolute atomic E-state index is 13.1. The van der Waals surface area contributed by atoms with Gasteiger partial charge >= 0.3 is 23.9 Å². The van der Waals surface area contributed by atoms with E-state index in [1.807, 2.05) is 0 Å². The Kier molecular flexibility index (Phi) is 46.6. The summed E-state index contributed by atoms with van der Waals surface area (Å²) in [6.45, 7) is 5.78. The van der Waals surface area contributed by atoms with Crippen LogP contribution in [0.15, 0.2) is 85.1 Å². The number of hydrogen-bond acceptors (Lipinski definition) is 11. The predicted octanol–water partition coefficient (Wildman–Crippen LogP) is 15.1. The van der Waals surface area contributed by atoms with E-state index in [4.69, 9.17) is 23.7 Å². The van der Waals surface area contributed by atoms with Gasteiger partial charge in [0.05, 0.1) is 6.61 Å². The standard InChI is InChI=1S/C63H104O12/c1-4-7-10-13-16-19-22-24-26-27-28-29-31-32-35-37-40-43-46-49-55(64)71-52-54(73-56(65)50-47-44-41-38-34-21-18-15-12-9-6-3)53-72-63-61(59(68)58(67)60(75-63)62(69)70)74-57(66)51-48-45-42-39-36-33-30-25-23-20-17-14-11-8-5-2/h8,11,15-20,24-26,30,36,39,54,58-61,63,67-68H,4-7,9-10,12-14,21-23,27-29,31-35,37-38,40-53H2,1-3H3,(H,69,70)/b11-8-,18-15-,19-16-,20-17-,26-24-,30-25-,39-36-. The van der Waals surface area contributed by atoms with E-state index >= 15 is 0 Å². The second-order valence-electron chi connectivity index (χ2n) is 19.9. The van der Waals surface area contributed by atoms with Gasteiger partial charge in [-0.3, -0.25) is 14.4 Å². The Bertz CT molecular complexity index is 1630. The first-order chi connectivity index (χ1) is 36.6. The van der Waals surface area contributed by atoms with Gasteiger partial charge in [-0.15, -0.1) is 0 Å². The summed E-state index contributed by atoms with van der Waals surface area (Å²) >= 11 is 0. The molecule has 0 radical (unpaired) electrons. The van der Waals surface area contributed by atoms with Gasteiger partial charge in [-0.2, -0.15) is 0 Å². The Morgan fingerprint density at radius 3 is 1.36 bits per heavy atom. The van der Waals surface area contributed by atoms with Crippen molar-refractivity contribution in [2.75, 3.05) is 13.2 Å². The van der Waals surface area contributed by atoms with Crippen molar-refractivity contribution < 1.29 is 58.2 Å². The molecule has 12 nitrogen and oxygen atoms in total. The minimum atomic E-state index is -1.92. The number of unbranched alkanes of at least 4 members (excludes halogenated alkanes) is 21. The number of hydrogen-bond donors (Lipinski definition) is 3. The van der Waals surface area contributed by atoms with Gasteiger partial charge in [0, 0.05) is 19.3 Å². The molecule has 1 heterocycles. The summed E-state index contributed by atoms with van der Waals surface area (Å²) in [5, 5.41) is 31.4. The van der Waals surface area contributed by atoms with Crippen LogP contribution in [0.1, 0.15) is 239 Å². The smallest absolute Gasteiger partial charge is 0.335 e. The van der Waals surface area contributed by atoms with Crippen LogP contribution in [0, 0.1) is 0 Å². The molecular formula is C63H104O12. The Morgan fingerprint density at radius 2 is 0.853 bits per heavy atom. The van der Waals surface area contributed by atoms with Crippen LogP contribution in [0.3, 0.4) is 0 Å². The molecule has 0 spiro atoms. The quantitative estimate of drug-likeness (QED) is 0.0228. The van der Waals surface area contributed by atoms with Crippen LogP contribution < -0.4 is 0 Å². The molecule has 1 aliphatic heterocycles. The first kappa shape index (κ1) is 68.9. The van der Waals surface area contributed by atoms with Gasteiger partial charge in [0.2, 0.25) is 0 Å². The zero-order chi connectivity index (χ0) is 54.7. The van der Waals surface area contributed by atoms with E-state index in [9.17, 15) is 34.5 Å². The third-order valence-corrected chi connectivity index (χ3v) is 12.9. The van der Waals surface area contributed by atoms with Gasteiger partial charge in [-0.25, -0.2) is 4.79 Å². The van der Waals surface area contributed by atoms with Crippen molar-refractivity contribution >= 4 is 23.9 Å². The number of ether oxygens (including phenoxy) is 5. The Balaban J connectivity index is 2.69. The first-order valence-corrected chi connectivity index (χ1v) is 29.6. The SMILES string of the molecule is CC/C=C\C/C=C\C/C=C\C/C=C\CCCCC(=O)OC1C(OCC(COC(=O)CCCCCCCCCCC/C=C\C/C=C\CCCCC)OC(=O)CCCCCCC/C=C\CCCC)OC(C(=O)O)C(O)C1O. The molecule has 1 saturated heterocycles. The maximum Gasteiger partial charge on any atom is 0.335 e.